The Morgan fingerprint density at radius 3 is 2.61 bits per heavy atom. The molecule has 0 spiro atoms. The SMILES string of the molecule is CCOC1(Br)C=CC(c2ccccc2)=C(F)C1F. The number of alkyl halides is 2. The van der Waals surface area contributed by atoms with Crippen molar-refractivity contribution in [2.24, 2.45) is 0 Å². The Labute approximate surface area is 113 Å². The van der Waals surface area contributed by atoms with E-state index in [1.54, 1.807) is 37.3 Å². The van der Waals surface area contributed by atoms with Crippen molar-refractivity contribution in [2.45, 2.75) is 17.6 Å². The van der Waals surface area contributed by atoms with Gasteiger partial charge in [0.25, 0.3) is 0 Å². The molecule has 0 aliphatic heterocycles. The standard InChI is InChI=1S/C14H13BrF2O/c1-2-18-14(15)9-8-11(12(16)13(14)17)10-6-4-3-5-7-10/h3-9,13H,2H2,1H3. The molecule has 1 aromatic rings. The van der Waals surface area contributed by atoms with E-state index in [0.717, 1.165) is 0 Å². The van der Waals surface area contributed by atoms with Crippen molar-refractivity contribution in [3.8, 4) is 0 Å². The van der Waals surface area contributed by atoms with Gasteiger partial charge in [0.15, 0.2) is 10.7 Å². The van der Waals surface area contributed by atoms with Crippen molar-refractivity contribution >= 4 is 21.5 Å². The van der Waals surface area contributed by atoms with Gasteiger partial charge in [-0.1, -0.05) is 36.4 Å². The maximum atomic E-state index is 14.1. The predicted molar refractivity (Wildman–Crippen MR) is 71.8 cm³/mol. The van der Waals surface area contributed by atoms with Crippen molar-refractivity contribution in [1.29, 1.82) is 0 Å². The summed E-state index contributed by atoms with van der Waals surface area (Å²) in [6.07, 6.45) is 1.20. The second kappa shape index (κ2) is 5.33. The summed E-state index contributed by atoms with van der Waals surface area (Å²) < 4.78 is 32.0. The lowest BCUT2D eigenvalue weighted by Crippen LogP contribution is -2.37. The van der Waals surface area contributed by atoms with E-state index in [1.807, 2.05) is 6.07 Å². The first-order chi connectivity index (χ1) is 8.58. The zero-order valence-corrected chi connectivity index (χ0v) is 11.5. The minimum Gasteiger partial charge on any atom is -0.357 e. The first kappa shape index (κ1) is 13.4. The Morgan fingerprint density at radius 1 is 1.33 bits per heavy atom. The van der Waals surface area contributed by atoms with E-state index >= 15 is 0 Å². The van der Waals surface area contributed by atoms with E-state index in [1.165, 1.54) is 6.08 Å². The number of halogens is 3. The van der Waals surface area contributed by atoms with Crippen LogP contribution in [0.25, 0.3) is 5.57 Å². The molecule has 96 valence electrons. The maximum absolute atomic E-state index is 14.1. The lowest BCUT2D eigenvalue weighted by atomic mass is 9.96. The topological polar surface area (TPSA) is 9.23 Å². The molecule has 18 heavy (non-hydrogen) atoms. The number of hydrogen-bond donors (Lipinski definition) is 0. The van der Waals surface area contributed by atoms with Crippen LogP contribution < -0.4 is 0 Å². The molecule has 0 radical (unpaired) electrons. The molecular formula is C14H13BrF2O. The van der Waals surface area contributed by atoms with Gasteiger partial charge in [0.2, 0.25) is 0 Å². The van der Waals surface area contributed by atoms with E-state index in [2.05, 4.69) is 15.9 Å². The van der Waals surface area contributed by atoms with Crippen molar-refractivity contribution < 1.29 is 13.5 Å². The van der Waals surface area contributed by atoms with E-state index in [4.69, 9.17) is 4.74 Å². The minimum atomic E-state index is -1.85. The number of allylic oxidation sites excluding steroid dienone is 2. The van der Waals surface area contributed by atoms with Crippen LogP contribution in [0.5, 0.6) is 0 Å². The van der Waals surface area contributed by atoms with Crippen LogP contribution in [-0.4, -0.2) is 17.3 Å². The number of rotatable bonds is 3. The molecule has 1 aliphatic rings. The lowest BCUT2D eigenvalue weighted by molar-refractivity contribution is 0.0201. The highest BCUT2D eigenvalue weighted by molar-refractivity contribution is 9.10. The molecule has 1 aliphatic carbocycles. The molecule has 0 N–H and O–H groups in total. The lowest BCUT2D eigenvalue weighted by Gasteiger charge is -2.30. The van der Waals surface area contributed by atoms with Gasteiger partial charge >= 0.3 is 0 Å². The van der Waals surface area contributed by atoms with Gasteiger partial charge in [0.05, 0.1) is 0 Å². The van der Waals surface area contributed by atoms with Crippen molar-refractivity contribution in [3.05, 3.63) is 53.9 Å². The molecule has 0 heterocycles. The summed E-state index contributed by atoms with van der Waals surface area (Å²) in [5.74, 6) is -0.811. The van der Waals surface area contributed by atoms with Gasteiger partial charge in [-0.15, -0.1) is 0 Å². The van der Waals surface area contributed by atoms with E-state index in [0.29, 0.717) is 12.2 Å². The van der Waals surface area contributed by atoms with Gasteiger partial charge in [-0.25, -0.2) is 8.78 Å². The minimum absolute atomic E-state index is 0.262. The molecule has 1 aromatic carbocycles. The molecule has 0 bridgehead atoms. The summed E-state index contributed by atoms with van der Waals surface area (Å²) in [6, 6.07) is 8.89. The molecule has 2 unspecified atom stereocenters. The van der Waals surface area contributed by atoms with E-state index in [-0.39, 0.29) is 5.57 Å². The number of benzene rings is 1. The third-order valence-corrected chi connectivity index (χ3v) is 3.65. The Morgan fingerprint density at radius 2 is 2.00 bits per heavy atom. The fraction of sp³-hybridized carbons (Fsp3) is 0.286. The quantitative estimate of drug-likeness (QED) is 0.751. The molecule has 0 saturated carbocycles. The van der Waals surface area contributed by atoms with Gasteiger partial charge in [0, 0.05) is 12.2 Å². The number of hydrogen-bond acceptors (Lipinski definition) is 1. The average molecular weight is 315 g/mol. The molecule has 0 fully saturated rings. The van der Waals surface area contributed by atoms with Crippen LogP contribution in [-0.2, 0) is 4.74 Å². The molecule has 1 nitrogen and oxygen atoms in total. The summed E-state index contributed by atoms with van der Waals surface area (Å²) in [7, 11) is 0. The summed E-state index contributed by atoms with van der Waals surface area (Å²) >= 11 is 3.10. The van der Waals surface area contributed by atoms with Gasteiger partial charge in [-0.2, -0.15) is 0 Å². The van der Waals surface area contributed by atoms with Crippen molar-refractivity contribution in [2.75, 3.05) is 6.61 Å². The van der Waals surface area contributed by atoms with Crippen molar-refractivity contribution in [3.63, 3.8) is 0 Å². The molecular weight excluding hydrogens is 302 g/mol. The molecule has 0 aromatic heterocycles. The highest BCUT2D eigenvalue weighted by Crippen LogP contribution is 2.41. The molecule has 2 atom stereocenters. The van der Waals surface area contributed by atoms with E-state index < -0.39 is 16.5 Å². The fourth-order valence-electron chi connectivity index (χ4n) is 1.86. The summed E-state index contributed by atoms with van der Waals surface area (Å²) in [6.45, 7) is 2.03. The van der Waals surface area contributed by atoms with E-state index in [9.17, 15) is 8.78 Å². The van der Waals surface area contributed by atoms with Gasteiger partial charge in [-0.05, 0) is 34.5 Å². The van der Waals surface area contributed by atoms with Crippen molar-refractivity contribution in [1.82, 2.24) is 0 Å². The second-order valence-corrected chi connectivity index (χ2v) is 5.19. The number of ether oxygens (including phenoxy) is 1. The Hall–Kier alpha value is -1.00. The third-order valence-electron chi connectivity index (χ3n) is 2.75. The smallest absolute Gasteiger partial charge is 0.194 e. The van der Waals surface area contributed by atoms with Crippen LogP contribution in [0.2, 0.25) is 0 Å². The Kier molecular flexibility index (Phi) is 3.97. The maximum Gasteiger partial charge on any atom is 0.194 e. The summed E-state index contributed by atoms with van der Waals surface area (Å²) in [5, 5.41) is 0. The van der Waals surface area contributed by atoms with Gasteiger partial charge < -0.3 is 4.74 Å². The van der Waals surface area contributed by atoms with Gasteiger partial charge in [-0.3, -0.25) is 0 Å². The highest BCUT2D eigenvalue weighted by atomic mass is 79.9. The summed E-state index contributed by atoms with van der Waals surface area (Å²) in [4.78, 5) is 0. The largest absolute Gasteiger partial charge is 0.357 e. The fourth-order valence-corrected chi connectivity index (χ4v) is 2.43. The van der Waals surface area contributed by atoms with Crippen LogP contribution in [0, 0.1) is 0 Å². The molecule has 0 amide bonds. The predicted octanol–water partition coefficient (Wildman–Crippen LogP) is 4.40. The normalized spacial score (nSPS) is 27.7. The highest BCUT2D eigenvalue weighted by Gasteiger charge is 2.42. The molecule has 4 heteroatoms. The first-order valence-electron chi connectivity index (χ1n) is 5.69. The van der Waals surface area contributed by atoms with Crippen LogP contribution in [0.1, 0.15) is 12.5 Å². The van der Waals surface area contributed by atoms with Crippen LogP contribution in [0.3, 0.4) is 0 Å². The van der Waals surface area contributed by atoms with Crippen LogP contribution in [0.15, 0.2) is 48.3 Å². The van der Waals surface area contributed by atoms with Crippen LogP contribution in [0.4, 0.5) is 8.78 Å². The third kappa shape index (κ3) is 2.40. The first-order valence-corrected chi connectivity index (χ1v) is 6.49. The monoisotopic (exact) mass is 314 g/mol. The zero-order chi connectivity index (χ0) is 13.2. The van der Waals surface area contributed by atoms with Crippen LogP contribution >= 0.6 is 15.9 Å². The summed E-state index contributed by atoms with van der Waals surface area (Å²) in [5.41, 5.74) is 0.915. The molecule has 0 saturated heterocycles. The Balaban J connectivity index is 2.37. The Bertz CT molecular complexity index is 484. The zero-order valence-electron chi connectivity index (χ0n) is 9.87. The second-order valence-electron chi connectivity index (χ2n) is 3.95. The van der Waals surface area contributed by atoms with Gasteiger partial charge in [0.1, 0.15) is 5.83 Å². The average Bonchev–Trinajstić information content (AvgIpc) is 2.38. The molecule has 2 rings (SSSR count).